The standard InChI is InChI=1S/C18H25N3S/c19-9-8-17(18-7-4-14-22-18)21-12-10-20(11-13-21)15-16-5-2-1-3-6-16/h1-7,14,17H,8-13,15,19H2. The Balaban J connectivity index is 1.56. The number of nitrogens with zero attached hydrogens (tertiary/aromatic N) is 2. The van der Waals surface area contributed by atoms with E-state index in [4.69, 9.17) is 5.73 Å². The molecule has 0 saturated carbocycles. The molecule has 1 aromatic carbocycles. The fraction of sp³-hybridized carbons (Fsp3) is 0.444. The summed E-state index contributed by atoms with van der Waals surface area (Å²) in [6, 6.07) is 15.7. The highest BCUT2D eigenvalue weighted by Crippen LogP contribution is 2.28. The fourth-order valence-corrected chi connectivity index (χ4v) is 4.11. The van der Waals surface area contributed by atoms with Gasteiger partial charge in [-0.05, 0) is 30.0 Å². The summed E-state index contributed by atoms with van der Waals surface area (Å²) in [7, 11) is 0. The van der Waals surface area contributed by atoms with Crippen LogP contribution in [0.2, 0.25) is 0 Å². The van der Waals surface area contributed by atoms with Crippen molar-refractivity contribution in [1.29, 1.82) is 0 Å². The minimum Gasteiger partial charge on any atom is -0.330 e. The van der Waals surface area contributed by atoms with E-state index in [1.165, 1.54) is 10.4 Å². The quantitative estimate of drug-likeness (QED) is 0.889. The van der Waals surface area contributed by atoms with Crippen molar-refractivity contribution < 1.29 is 0 Å². The van der Waals surface area contributed by atoms with Crippen molar-refractivity contribution in [2.45, 2.75) is 19.0 Å². The Morgan fingerprint density at radius 2 is 1.77 bits per heavy atom. The molecule has 3 rings (SSSR count). The maximum atomic E-state index is 5.84. The third-order valence-electron chi connectivity index (χ3n) is 4.41. The lowest BCUT2D eigenvalue weighted by Crippen LogP contribution is -2.47. The topological polar surface area (TPSA) is 32.5 Å². The minimum absolute atomic E-state index is 0.504. The fourth-order valence-electron chi connectivity index (χ4n) is 3.22. The van der Waals surface area contributed by atoms with E-state index in [9.17, 15) is 0 Å². The Labute approximate surface area is 137 Å². The van der Waals surface area contributed by atoms with E-state index in [-0.39, 0.29) is 0 Å². The summed E-state index contributed by atoms with van der Waals surface area (Å²) in [6.07, 6.45) is 1.05. The highest BCUT2D eigenvalue weighted by Gasteiger charge is 2.25. The SMILES string of the molecule is NCCC(c1cccs1)N1CCN(Cc2ccccc2)CC1. The Morgan fingerprint density at radius 1 is 1.00 bits per heavy atom. The lowest BCUT2D eigenvalue weighted by Gasteiger charge is -2.39. The molecule has 0 aliphatic carbocycles. The summed E-state index contributed by atoms with van der Waals surface area (Å²) in [5.41, 5.74) is 7.25. The van der Waals surface area contributed by atoms with Crippen LogP contribution < -0.4 is 5.73 Å². The summed E-state index contributed by atoms with van der Waals surface area (Å²) in [6.45, 7) is 6.37. The number of hydrogen-bond donors (Lipinski definition) is 1. The Hall–Kier alpha value is -1.20. The van der Waals surface area contributed by atoms with Crippen molar-refractivity contribution in [2.24, 2.45) is 5.73 Å². The number of benzene rings is 1. The van der Waals surface area contributed by atoms with Crippen LogP contribution in [-0.2, 0) is 6.54 Å². The van der Waals surface area contributed by atoms with E-state index in [1.54, 1.807) is 0 Å². The van der Waals surface area contributed by atoms with Crippen molar-refractivity contribution in [1.82, 2.24) is 9.80 Å². The van der Waals surface area contributed by atoms with Gasteiger partial charge in [-0.1, -0.05) is 36.4 Å². The van der Waals surface area contributed by atoms with E-state index in [1.807, 2.05) is 11.3 Å². The molecule has 0 radical (unpaired) electrons. The van der Waals surface area contributed by atoms with Gasteiger partial charge in [-0.15, -0.1) is 11.3 Å². The number of thiophene rings is 1. The smallest absolute Gasteiger partial charge is 0.0454 e. The van der Waals surface area contributed by atoms with Crippen molar-refractivity contribution in [2.75, 3.05) is 32.7 Å². The second kappa shape index (κ2) is 7.88. The predicted octanol–water partition coefficient (Wildman–Crippen LogP) is 2.96. The number of nitrogens with two attached hydrogens (primary N) is 1. The highest BCUT2D eigenvalue weighted by atomic mass is 32.1. The van der Waals surface area contributed by atoms with E-state index in [2.05, 4.69) is 57.6 Å². The molecule has 3 nitrogen and oxygen atoms in total. The molecular formula is C18H25N3S. The van der Waals surface area contributed by atoms with Gasteiger partial charge in [0.2, 0.25) is 0 Å². The van der Waals surface area contributed by atoms with Gasteiger partial charge in [0.15, 0.2) is 0 Å². The Bertz CT molecular complexity index is 533. The summed E-state index contributed by atoms with van der Waals surface area (Å²) < 4.78 is 0. The predicted molar refractivity (Wildman–Crippen MR) is 94.0 cm³/mol. The highest BCUT2D eigenvalue weighted by molar-refractivity contribution is 7.10. The molecular weight excluding hydrogens is 290 g/mol. The lowest BCUT2D eigenvalue weighted by molar-refractivity contribution is 0.0899. The average molecular weight is 315 g/mol. The molecule has 1 aromatic heterocycles. The molecule has 0 spiro atoms. The lowest BCUT2D eigenvalue weighted by atomic mass is 10.1. The first kappa shape index (κ1) is 15.7. The van der Waals surface area contributed by atoms with Crippen molar-refractivity contribution in [3.8, 4) is 0 Å². The van der Waals surface area contributed by atoms with Gasteiger partial charge in [-0.2, -0.15) is 0 Å². The second-order valence-electron chi connectivity index (χ2n) is 5.91. The van der Waals surface area contributed by atoms with Crippen LogP contribution in [0.15, 0.2) is 47.8 Å². The largest absolute Gasteiger partial charge is 0.330 e. The second-order valence-corrected chi connectivity index (χ2v) is 6.89. The molecule has 118 valence electrons. The third kappa shape index (κ3) is 3.96. The normalized spacial score (nSPS) is 18.4. The van der Waals surface area contributed by atoms with Crippen LogP contribution in [0.1, 0.15) is 22.9 Å². The van der Waals surface area contributed by atoms with Gasteiger partial charge in [-0.3, -0.25) is 9.80 Å². The van der Waals surface area contributed by atoms with Gasteiger partial charge >= 0.3 is 0 Å². The van der Waals surface area contributed by atoms with Crippen LogP contribution in [-0.4, -0.2) is 42.5 Å². The first-order valence-electron chi connectivity index (χ1n) is 8.10. The monoisotopic (exact) mass is 315 g/mol. The number of hydrogen-bond acceptors (Lipinski definition) is 4. The molecule has 0 bridgehead atoms. The van der Waals surface area contributed by atoms with E-state index in [0.29, 0.717) is 6.04 Å². The third-order valence-corrected chi connectivity index (χ3v) is 5.38. The number of piperazine rings is 1. The zero-order valence-corrected chi connectivity index (χ0v) is 13.8. The average Bonchev–Trinajstić information content (AvgIpc) is 3.09. The molecule has 0 amide bonds. The molecule has 2 N–H and O–H groups in total. The summed E-state index contributed by atoms with van der Waals surface area (Å²) >= 11 is 1.86. The Morgan fingerprint density at radius 3 is 2.41 bits per heavy atom. The van der Waals surface area contributed by atoms with Crippen molar-refractivity contribution in [3.05, 3.63) is 58.3 Å². The number of rotatable bonds is 6. The summed E-state index contributed by atoms with van der Waals surface area (Å²) in [4.78, 5) is 6.63. The van der Waals surface area contributed by atoms with Crippen molar-refractivity contribution >= 4 is 11.3 Å². The first-order chi connectivity index (χ1) is 10.9. The maximum absolute atomic E-state index is 5.84. The molecule has 1 fully saturated rings. The van der Waals surface area contributed by atoms with Gasteiger partial charge in [0.1, 0.15) is 0 Å². The van der Waals surface area contributed by atoms with Crippen LogP contribution in [0.25, 0.3) is 0 Å². The zero-order valence-electron chi connectivity index (χ0n) is 13.0. The molecule has 1 unspecified atom stereocenters. The van der Waals surface area contributed by atoms with Gasteiger partial charge < -0.3 is 5.73 Å². The van der Waals surface area contributed by atoms with E-state index < -0.39 is 0 Å². The molecule has 1 atom stereocenters. The molecule has 1 saturated heterocycles. The zero-order chi connectivity index (χ0) is 15.2. The molecule has 2 heterocycles. The van der Waals surface area contributed by atoms with Gasteiger partial charge in [0, 0.05) is 43.6 Å². The van der Waals surface area contributed by atoms with Crippen LogP contribution in [0, 0.1) is 0 Å². The van der Waals surface area contributed by atoms with Crippen LogP contribution in [0.5, 0.6) is 0 Å². The van der Waals surface area contributed by atoms with Gasteiger partial charge in [-0.25, -0.2) is 0 Å². The molecule has 1 aliphatic rings. The maximum Gasteiger partial charge on any atom is 0.0454 e. The van der Waals surface area contributed by atoms with Gasteiger partial charge in [0.05, 0.1) is 0 Å². The summed E-state index contributed by atoms with van der Waals surface area (Å²) in [5, 5.41) is 2.17. The minimum atomic E-state index is 0.504. The Kier molecular flexibility index (Phi) is 5.62. The van der Waals surface area contributed by atoms with E-state index in [0.717, 1.165) is 45.7 Å². The van der Waals surface area contributed by atoms with Crippen LogP contribution in [0.4, 0.5) is 0 Å². The first-order valence-corrected chi connectivity index (χ1v) is 8.98. The van der Waals surface area contributed by atoms with E-state index >= 15 is 0 Å². The summed E-state index contributed by atoms with van der Waals surface area (Å²) in [5.74, 6) is 0. The van der Waals surface area contributed by atoms with Crippen LogP contribution in [0.3, 0.4) is 0 Å². The molecule has 4 heteroatoms. The van der Waals surface area contributed by atoms with Gasteiger partial charge in [0.25, 0.3) is 0 Å². The van der Waals surface area contributed by atoms with Crippen LogP contribution >= 0.6 is 11.3 Å². The molecule has 2 aromatic rings. The van der Waals surface area contributed by atoms with Crippen molar-refractivity contribution in [3.63, 3.8) is 0 Å². The molecule has 22 heavy (non-hydrogen) atoms. The molecule has 1 aliphatic heterocycles.